The average Bonchev–Trinajstić information content (AvgIpc) is 3.29. The van der Waals surface area contributed by atoms with E-state index >= 15 is 0 Å². The third-order valence-corrected chi connectivity index (χ3v) is 12.8. The molecule has 0 saturated carbocycles. The number of rotatable bonds is 31. The van der Waals surface area contributed by atoms with Gasteiger partial charge in [-0.25, -0.2) is 0 Å². The van der Waals surface area contributed by atoms with Crippen LogP contribution < -0.4 is 9.07 Å². The maximum absolute atomic E-state index is 9.72. The topological polar surface area (TPSA) is 36.4 Å². The summed E-state index contributed by atoms with van der Waals surface area (Å²) in [7, 11) is 0. The van der Waals surface area contributed by atoms with Gasteiger partial charge in [0, 0.05) is 0 Å². The minimum absolute atomic E-state index is 0.888. The zero-order chi connectivity index (χ0) is 44.1. The van der Waals surface area contributed by atoms with Crippen molar-refractivity contribution < 1.29 is 19.2 Å². The second kappa shape index (κ2) is 35.5. The van der Waals surface area contributed by atoms with Crippen LogP contribution in [-0.4, -0.2) is 10.7 Å². The van der Waals surface area contributed by atoms with Crippen LogP contribution in [0.4, 0.5) is 0 Å². The van der Waals surface area contributed by atoms with Crippen molar-refractivity contribution in [1.29, 1.82) is 0 Å². The third kappa shape index (κ3) is 22.9. The first kappa shape index (κ1) is 52.4. The first-order chi connectivity index (χ1) is 30.6. The van der Waals surface area contributed by atoms with Gasteiger partial charge in [0.2, 0.25) is 0 Å². The molecule has 0 N–H and O–H groups in total. The number of unbranched alkanes of at least 4 members (excludes halogenated alkanes) is 18. The van der Waals surface area contributed by atoms with Gasteiger partial charge in [0.25, 0.3) is 0 Å². The fourth-order valence-electron chi connectivity index (χ4n) is 8.09. The molecule has 4 aromatic carbocycles. The van der Waals surface area contributed by atoms with E-state index in [1.54, 1.807) is 14.4 Å². The van der Waals surface area contributed by atoms with Gasteiger partial charge < -0.3 is 5.53 Å². The van der Waals surface area contributed by atoms with E-state index in [-0.39, 0.29) is 0 Å². The molecule has 0 unspecified atom stereocenters. The molecule has 62 heavy (non-hydrogen) atoms. The van der Waals surface area contributed by atoms with Crippen LogP contribution in [0, 0.1) is 6.92 Å². The average molecular weight is 878 g/mol. The quantitative estimate of drug-likeness (QED) is 0.00919. The molecule has 4 rings (SSSR count). The fraction of sp³-hybridized carbons (Fsp3) is 0.492. The Morgan fingerprint density at radius 2 is 1.03 bits per heavy atom. The van der Waals surface area contributed by atoms with Crippen LogP contribution in [0.2, 0.25) is 0 Å². The van der Waals surface area contributed by atoms with Gasteiger partial charge in [-0.15, -0.1) is 4.79 Å². The van der Waals surface area contributed by atoms with Gasteiger partial charge in [-0.1, -0.05) is 196 Å². The fourth-order valence-corrected chi connectivity index (χ4v) is 9.13. The molecule has 0 heterocycles. The predicted molar refractivity (Wildman–Crippen MR) is 269 cm³/mol. The number of hydrogen-bond donors (Lipinski definition) is 0. The summed E-state index contributed by atoms with van der Waals surface area (Å²) >= 11 is 1.60. The number of benzene rings is 4. The van der Waals surface area contributed by atoms with Crippen LogP contribution >= 0.6 is 0 Å². The summed E-state index contributed by atoms with van der Waals surface area (Å²) in [6.07, 6.45) is 36.6. The van der Waals surface area contributed by atoms with Crippen molar-refractivity contribution >= 4 is 20.5 Å². The standard InChI is InChI=1S/C47H72N2.2C6H5.Ni/c1-5-8-11-12-13-14-15-16-17-18-19-20-21-22-23-24-25-28-33-42-34-29-30-38-45(42)47(43-36-31-32-41(4)39-43)46(37-27-10-7-3)44(40-49-48)35-26-9-6-2;2*1-2-4-6-5-3-1;/h24-25,29-32,34,36,38-39H,5-23,26-28,33,35,37H2,1-4H3;2*1-5H;. The number of allylic oxidation sites excluding steroid dienone is 4. The summed E-state index contributed by atoms with van der Waals surface area (Å²) in [6.45, 7) is 8.98. The Balaban J connectivity index is 0.000000661. The molecule has 0 saturated heterocycles. The second-order valence-corrected chi connectivity index (χ2v) is 18.4. The summed E-state index contributed by atoms with van der Waals surface area (Å²) in [5.41, 5.74) is 18.6. The Kier molecular flexibility index (Phi) is 30.0. The minimum atomic E-state index is 0.888. The summed E-state index contributed by atoms with van der Waals surface area (Å²) in [5, 5.41) is 0. The van der Waals surface area contributed by atoms with E-state index in [9.17, 15) is 5.53 Å². The van der Waals surface area contributed by atoms with Crippen LogP contribution in [0.1, 0.15) is 197 Å². The zero-order valence-electron chi connectivity index (χ0n) is 39.4. The molecule has 0 radical (unpaired) electrons. The van der Waals surface area contributed by atoms with E-state index in [4.69, 9.17) is 0 Å². The molecular formula is C59H82N2Ni. The monoisotopic (exact) mass is 877 g/mol. The summed E-state index contributed by atoms with van der Waals surface area (Å²) in [6, 6.07) is 38.8. The molecule has 0 spiro atoms. The van der Waals surface area contributed by atoms with E-state index in [1.807, 2.05) is 12.1 Å². The van der Waals surface area contributed by atoms with E-state index in [0.717, 1.165) is 44.1 Å². The van der Waals surface area contributed by atoms with Gasteiger partial charge in [0.1, 0.15) is 0 Å². The van der Waals surface area contributed by atoms with Crippen LogP contribution in [-0.2, 0) is 20.9 Å². The van der Waals surface area contributed by atoms with Crippen molar-refractivity contribution in [2.75, 3.05) is 0 Å². The molecule has 0 aliphatic rings. The first-order valence-electron chi connectivity index (χ1n) is 24.8. The van der Waals surface area contributed by atoms with Crippen LogP contribution in [0.15, 0.2) is 132 Å². The van der Waals surface area contributed by atoms with Crippen molar-refractivity contribution in [2.24, 2.45) is 0 Å². The maximum atomic E-state index is 9.72. The molecule has 0 bridgehead atoms. The Morgan fingerprint density at radius 3 is 1.60 bits per heavy atom. The van der Waals surface area contributed by atoms with Crippen molar-refractivity contribution in [1.82, 2.24) is 0 Å². The van der Waals surface area contributed by atoms with Crippen LogP contribution in [0.3, 0.4) is 0 Å². The second-order valence-electron chi connectivity index (χ2n) is 17.0. The van der Waals surface area contributed by atoms with Crippen molar-refractivity contribution in [3.63, 3.8) is 0 Å². The van der Waals surface area contributed by atoms with Gasteiger partial charge in [0.15, 0.2) is 0 Å². The van der Waals surface area contributed by atoms with E-state index < -0.39 is 0 Å². The Morgan fingerprint density at radius 1 is 0.532 bits per heavy atom. The van der Waals surface area contributed by atoms with Gasteiger partial charge in [-0.05, 0) is 86.1 Å². The van der Waals surface area contributed by atoms with Crippen LogP contribution in [0.25, 0.3) is 11.1 Å². The molecule has 0 aliphatic heterocycles. The normalized spacial score (nSPS) is 11.5. The van der Waals surface area contributed by atoms with Gasteiger partial charge in [-0.2, -0.15) is 0 Å². The van der Waals surface area contributed by atoms with E-state index in [0.29, 0.717) is 0 Å². The first-order valence-corrected chi connectivity index (χ1v) is 25.8. The Hall–Kier alpha value is -3.99. The van der Waals surface area contributed by atoms with Gasteiger partial charge in [0.05, 0.1) is 5.57 Å². The molecular weight excluding hydrogens is 795 g/mol. The summed E-state index contributed by atoms with van der Waals surface area (Å²) < 4.78 is 2.61. The summed E-state index contributed by atoms with van der Waals surface area (Å²) in [4.78, 5) is 3.47. The van der Waals surface area contributed by atoms with Crippen molar-refractivity contribution in [3.05, 3.63) is 160 Å². The number of aryl methyl sites for hydroxylation is 2. The molecule has 3 heteroatoms. The molecule has 0 aromatic heterocycles. The van der Waals surface area contributed by atoms with E-state index in [2.05, 4.69) is 148 Å². The third-order valence-electron chi connectivity index (χ3n) is 11.6. The SMILES string of the molecule is CCCCCCCCCCCCCCCCC=CCCc1ccccc1C(=C(CCCCC)C(=C=[N+]=[N-])CCCCC)c1cccc(C)c1.c1cc[c]([Ni][c]2ccccc2)cc1. The molecule has 0 aliphatic carbocycles. The molecule has 0 atom stereocenters. The van der Waals surface area contributed by atoms with Gasteiger partial charge in [-0.3, -0.25) is 0 Å². The predicted octanol–water partition coefficient (Wildman–Crippen LogP) is 16.9. The molecule has 0 fully saturated rings. The number of nitrogens with zero attached hydrogens (tertiary/aromatic N) is 2. The van der Waals surface area contributed by atoms with Crippen molar-refractivity contribution in [3.8, 4) is 0 Å². The summed E-state index contributed by atoms with van der Waals surface area (Å²) in [5.74, 6) is 3.06. The Bertz CT molecular complexity index is 1840. The molecule has 2 nitrogen and oxygen atoms in total. The van der Waals surface area contributed by atoms with E-state index in [1.165, 1.54) is 164 Å². The van der Waals surface area contributed by atoms with Crippen molar-refractivity contribution in [2.45, 2.75) is 188 Å². The molecule has 0 amide bonds. The van der Waals surface area contributed by atoms with Crippen LogP contribution in [0.5, 0.6) is 0 Å². The zero-order valence-corrected chi connectivity index (χ0v) is 40.4. The van der Waals surface area contributed by atoms with Gasteiger partial charge >= 0.3 is 90.0 Å². The molecule has 4 aromatic rings. The Labute approximate surface area is 386 Å². The number of hydrogen-bond acceptors (Lipinski definition) is 0. The molecule has 338 valence electrons.